The molecule has 0 nitrogen and oxygen atoms in total. The molecule has 0 atom stereocenters. The van der Waals surface area contributed by atoms with Crippen molar-refractivity contribution in [1.82, 2.24) is 0 Å². The van der Waals surface area contributed by atoms with Crippen molar-refractivity contribution < 1.29 is 51.0 Å². The number of halogens is 2. The van der Waals surface area contributed by atoms with Crippen LogP contribution in [0.1, 0.15) is 46.1 Å². The summed E-state index contributed by atoms with van der Waals surface area (Å²) in [5.74, 6) is 0.677. The van der Waals surface area contributed by atoms with E-state index in [4.69, 9.17) is 0 Å². The molecular formula is C14H25Cl2SiZr. The molecule has 1 rings (SSSR count). The maximum Gasteiger partial charge on any atom is 3.00 e. The van der Waals surface area contributed by atoms with Gasteiger partial charge in [-0.05, 0) is 5.92 Å². The normalized spacial score (nSPS) is 10.3. The average molecular weight is 384 g/mol. The number of hydrogen-bond donors (Lipinski definition) is 0. The summed E-state index contributed by atoms with van der Waals surface area (Å²) < 4.78 is 0. The Morgan fingerprint density at radius 1 is 1.06 bits per heavy atom. The Kier molecular flexibility index (Phi) is 14.4. The van der Waals surface area contributed by atoms with Crippen LogP contribution in [0.2, 0.25) is 18.1 Å². The second kappa shape index (κ2) is 10.8. The van der Waals surface area contributed by atoms with Crippen LogP contribution in [-0.2, 0) is 26.2 Å². The summed E-state index contributed by atoms with van der Waals surface area (Å²) in [5.41, 5.74) is 1.53. The monoisotopic (exact) mass is 381 g/mol. The van der Waals surface area contributed by atoms with Crippen molar-refractivity contribution >= 4 is 13.3 Å². The van der Waals surface area contributed by atoms with Gasteiger partial charge in [0.05, 0.1) is 0 Å². The standard InChI is InChI=1S/C14H25Si.2ClH.Zr/c1-6-15(7-2,8-3)14-10-9-13(11-14)12(4)5;;;/h9-12H,6-8H2,1-5H3;2*1H;/q-1;;;+3/p-2. The quantitative estimate of drug-likeness (QED) is 0.418. The molecule has 0 heterocycles. The van der Waals surface area contributed by atoms with Crippen molar-refractivity contribution in [2.75, 3.05) is 0 Å². The van der Waals surface area contributed by atoms with E-state index in [9.17, 15) is 0 Å². The van der Waals surface area contributed by atoms with Gasteiger partial charge in [0, 0.05) is 8.07 Å². The molecule has 0 spiro atoms. The zero-order valence-electron chi connectivity index (χ0n) is 12.2. The second-order valence-corrected chi connectivity index (χ2v) is 10.2. The molecule has 0 N–H and O–H groups in total. The molecule has 1 radical (unpaired) electrons. The maximum atomic E-state index is 2.48. The summed E-state index contributed by atoms with van der Waals surface area (Å²) in [6.07, 6.45) is 0. The van der Waals surface area contributed by atoms with Crippen molar-refractivity contribution in [3.05, 3.63) is 23.8 Å². The van der Waals surface area contributed by atoms with Crippen LogP contribution in [-0.4, -0.2) is 8.07 Å². The van der Waals surface area contributed by atoms with Gasteiger partial charge in [0.1, 0.15) is 0 Å². The van der Waals surface area contributed by atoms with Gasteiger partial charge < -0.3 is 24.8 Å². The van der Waals surface area contributed by atoms with Gasteiger partial charge in [-0.2, -0.15) is 17.7 Å². The summed E-state index contributed by atoms with van der Waals surface area (Å²) >= 11 is 0. The van der Waals surface area contributed by atoms with E-state index in [1.807, 2.05) is 0 Å². The van der Waals surface area contributed by atoms with Crippen LogP contribution in [0.25, 0.3) is 0 Å². The largest absolute Gasteiger partial charge is 3.00 e. The molecule has 0 amide bonds. The van der Waals surface area contributed by atoms with Crippen molar-refractivity contribution in [2.45, 2.75) is 58.7 Å². The van der Waals surface area contributed by atoms with Gasteiger partial charge >= 0.3 is 26.2 Å². The van der Waals surface area contributed by atoms with Gasteiger partial charge in [0.25, 0.3) is 0 Å². The summed E-state index contributed by atoms with van der Waals surface area (Å²) in [4.78, 5) is 0. The first-order valence-corrected chi connectivity index (χ1v) is 8.98. The van der Waals surface area contributed by atoms with Gasteiger partial charge in [-0.25, -0.2) is 11.3 Å². The first-order valence-electron chi connectivity index (χ1n) is 6.36. The van der Waals surface area contributed by atoms with Crippen LogP contribution in [0.4, 0.5) is 0 Å². The Balaban J connectivity index is -0.000000750. The molecule has 4 heteroatoms. The van der Waals surface area contributed by atoms with Crippen LogP contribution in [0.3, 0.4) is 0 Å². The minimum absolute atomic E-state index is 0. The van der Waals surface area contributed by atoms with E-state index in [1.165, 1.54) is 23.7 Å². The molecule has 1 aromatic carbocycles. The van der Waals surface area contributed by atoms with Gasteiger partial charge in [0.15, 0.2) is 0 Å². The number of hydrogen-bond acceptors (Lipinski definition) is 0. The first-order chi connectivity index (χ1) is 7.09. The third-order valence-corrected chi connectivity index (χ3v) is 9.68. The van der Waals surface area contributed by atoms with Crippen LogP contribution in [0.15, 0.2) is 18.2 Å². The molecule has 0 aromatic heterocycles. The van der Waals surface area contributed by atoms with E-state index < -0.39 is 8.07 Å². The van der Waals surface area contributed by atoms with Gasteiger partial charge in [0.2, 0.25) is 0 Å². The van der Waals surface area contributed by atoms with Gasteiger partial charge in [-0.3, -0.25) is 0 Å². The van der Waals surface area contributed by atoms with Crippen LogP contribution in [0, 0.1) is 0 Å². The Morgan fingerprint density at radius 2 is 1.50 bits per heavy atom. The third kappa shape index (κ3) is 5.19. The smallest absolute Gasteiger partial charge is 1.00 e. The van der Waals surface area contributed by atoms with E-state index in [1.54, 1.807) is 5.19 Å². The topological polar surface area (TPSA) is 0 Å². The van der Waals surface area contributed by atoms with E-state index >= 15 is 0 Å². The Labute approximate surface area is 146 Å². The SMILES string of the molecule is CC[Si](CC)(CC)c1c[cH-]c(C(C)C)c1.[Cl-].[Cl-].[Zr+3]. The zero-order chi connectivity index (χ0) is 11.5. The molecule has 0 fully saturated rings. The molecule has 1 aromatic rings. The summed E-state index contributed by atoms with van der Waals surface area (Å²) in [6.45, 7) is 11.7. The molecule has 0 unspecified atom stereocenters. The molecule has 0 saturated carbocycles. The zero-order valence-corrected chi connectivity index (χ0v) is 17.2. The Morgan fingerprint density at radius 3 is 1.78 bits per heavy atom. The Bertz CT molecular complexity index is 298. The first kappa shape index (κ1) is 24.1. The minimum Gasteiger partial charge on any atom is -1.00 e. The van der Waals surface area contributed by atoms with Crippen molar-refractivity contribution in [3.63, 3.8) is 0 Å². The second-order valence-electron chi connectivity index (χ2n) is 4.93. The van der Waals surface area contributed by atoms with Crippen molar-refractivity contribution in [3.8, 4) is 0 Å². The molecule has 18 heavy (non-hydrogen) atoms. The summed E-state index contributed by atoms with van der Waals surface area (Å²) in [7, 11) is -1.12. The summed E-state index contributed by atoms with van der Waals surface area (Å²) in [5, 5.41) is 1.69. The van der Waals surface area contributed by atoms with Gasteiger partial charge in [-0.1, -0.05) is 52.8 Å². The van der Waals surface area contributed by atoms with Crippen molar-refractivity contribution in [2.24, 2.45) is 0 Å². The molecular weight excluding hydrogens is 358 g/mol. The van der Waals surface area contributed by atoms with Crippen LogP contribution in [0.5, 0.6) is 0 Å². The predicted octanol–water partition coefficient (Wildman–Crippen LogP) is -1.75. The fraction of sp³-hybridized carbons (Fsp3) is 0.643. The van der Waals surface area contributed by atoms with Crippen molar-refractivity contribution in [1.29, 1.82) is 0 Å². The Hall–Kier alpha value is 1.03. The third-order valence-electron chi connectivity index (χ3n) is 4.09. The molecule has 103 valence electrons. The maximum absolute atomic E-state index is 2.48. The summed E-state index contributed by atoms with van der Waals surface area (Å²) in [6, 6.07) is 11.4. The minimum atomic E-state index is -1.12. The van der Waals surface area contributed by atoms with E-state index in [0.29, 0.717) is 5.92 Å². The van der Waals surface area contributed by atoms with Crippen LogP contribution < -0.4 is 30.0 Å². The van der Waals surface area contributed by atoms with Crippen LogP contribution >= 0.6 is 0 Å². The average Bonchev–Trinajstić information content (AvgIpc) is 2.71. The predicted molar refractivity (Wildman–Crippen MR) is 73.0 cm³/mol. The van der Waals surface area contributed by atoms with E-state index in [2.05, 4.69) is 52.8 Å². The number of rotatable bonds is 5. The van der Waals surface area contributed by atoms with E-state index in [-0.39, 0.29) is 51.0 Å². The molecule has 0 aliphatic carbocycles. The molecule has 0 bridgehead atoms. The van der Waals surface area contributed by atoms with Gasteiger partial charge in [-0.15, -0.1) is 0 Å². The molecule has 0 aliphatic heterocycles. The fourth-order valence-corrected chi connectivity index (χ4v) is 6.15. The fourth-order valence-electron chi connectivity index (χ4n) is 2.51. The van der Waals surface area contributed by atoms with E-state index in [0.717, 1.165) is 0 Å². The molecule has 0 saturated heterocycles. The molecule has 0 aliphatic rings.